The molecule has 3 heteroatoms. The molecule has 0 bridgehead atoms. The molecule has 1 atom stereocenters. The molecule has 1 saturated heterocycles. The van der Waals surface area contributed by atoms with Crippen molar-refractivity contribution in [3.8, 4) is 0 Å². The van der Waals surface area contributed by atoms with E-state index in [1.165, 1.54) is 13.0 Å². The lowest BCUT2D eigenvalue weighted by Gasteiger charge is -2.29. The quantitative estimate of drug-likeness (QED) is 0.796. The lowest BCUT2D eigenvalue weighted by atomic mass is 9.84. The zero-order valence-electron chi connectivity index (χ0n) is 11.2. The van der Waals surface area contributed by atoms with Crippen molar-refractivity contribution in [2.45, 2.75) is 33.6 Å². The third kappa shape index (κ3) is 5.83. The fraction of sp³-hybridized carbons (Fsp3) is 1.00. The van der Waals surface area contributed by atoms with Crippen LogP contribution in [0.1, 0.15) is 33.6 Å². The number of nitrogens with two attached hydrogens (primary N) is 1. The number of rotatable bonds is 4. The van der Waals surface area contributed by atoms with Crippen LogP contribution >= 0.6 is 0 Å². The average Bonchev–Trinajstić information content (AvgIpc) is 2.43. The largest absolute Gasteiger partial charge is 0.380 e. The second-order valence-electron chi connectivity index (χ2n) is 6.13. The molecule has 0 spiro atoms. The Kier molecular flexibility index (Phi) is 5.73. The maximum atomic E-state index is 5.88. The highest BCUT2D eigenvalue weighted by Gasteiger charge is 2.20. The van der Waals surface area contributed by atoms with Gasteiger partial charge in [0.1, 0.15) is 0 Å². The van der Waals surface area contributed by atoms with Crippen molar-refractivity contribution in [1.29, 1.82) is 0 Å². The molecule has 0 amide bonds. The average molecular weight is 228 g/mol. The van der Waals surface area contributed by atoms with Crippen LogP contribution in [-0.4, -0.2) is 44.3 Å². The summed E-state index contributed by atoms with van der Waals surface area (Å²) >= 11 is 0. The van der Waals surface area contributed by atoms with Crippen LogP contribution in [0.3, 0.4) is 0 Å². The van der Waals surface area contributed by atoms with E-state index in [4.69, 9.17) is 10.5 Å². The molecule has 1 aliphatic heterocycles. The summed E-state index contributed by atoms with van der Waals surface area (Å²) in [5, 5.41) is 0. The van der Waals surface area contributed by atoms with Gasteiger partial charge < -0.3 is 15.4 Å². The Labute approximate surface area is 100 Å². The van der Waals surface area contributed by atoms with E-state index in [0.29, 0.717) is 11.3 Å². The number of hydrogen-bond donors (Lipinski definition) is 1. The van der Waals surface area contributed by atoms with Gasteiger partial charge in [-0.25, -0.2) is 0 Å². The van der Waals surface area contributed by atoms with Crippen molar-refractivity contribution < 1.29 is 4.74 Å². The summed E-state index contributed by atoms with van der Waals surface area (Å²) in [5.41, 5.74) is 6.26. The maximum Gasteiger partial charge on any atom is 0.0593 e. The topological polar surface area (TPSA) is 38.5 Å². The van der Waals surface area contributed by atoms with Gasteiger partial charge in [0.15, 0.2) is 0 Å². The normalized spacial score (nSPS) is 21.8. The van der Waals surface area contributed by atoms with E-state index in [-0.39, 0.29) is 0 Å². The van der Waals surface area contributed by atoms with Crippen LogP contribution in [0.15, 0.2) is 0 Å². The van der Waals surface area contributed by atoms with Crippen LogP contribution in [0.5, 0.6) is 0 Å². The predicted molar refractivity (Wildman–Crippen MR) is 68.5 cm³/mol. The highest BCUT2D eigenvalue weighted by Crippen LogP contribution is 2.24. The van der Waals surface area contributed by atoms with E-state index >= 15 is 0 Å². The van der Waals surface area contributed by atoms with Crippen molar-refractivity contribution in [3.63, 3.8) is 0 Å². The fourth-order valence-electron chi connectivity index (χ4n) is 2.43. The Bertz CT molecular complexity index is 181. The third-order valence-corrected chi connectivity index (χ3v) is 3.07. The maximum absolute atomic E-state index is 5.88. The van der Waals surface area contributed by atoms with Gasteiger partial charge in [0.25, 0.3) is 0 Å². The molecular formula is C13H28N2O. The summed E-state index contributed by atoms with van der Waals surface area (Å²) in [6, 6.07) is 0. The lowest BCUT2D eigenvalue weighted by molar-refractivity contribution is 0.135. The van der Waals surface area contributed by atoms with Crippen LogP contribution < -0.4 is 5.73 Å². The molecule has 0 saturated carbocycles. The second kappa shape index (κ2) is 6.58. The van der Waals surface area contributed by atoms with Crippen molar-refractivity contribution in [2.75, 3.05) is 39.4 Å². The Morgan fingerprint density at radius 2 is 2.00 bits per heavy atom. The van der Waals surface area contributed by atoms with Crippen LogP contribution in [0.4, 0.5) is 0 Å². The van der Waals surface area contributed by atoms with Crippen LogP contribution in [0, 0.1) is 11.3 Å². The monoisotopic (exact) mass is 228 g/mol. The van der Waals surface area contributed by atoms with Gasteiger partial charge in [-0.15, -0.1) is 0 Å². The Morgan fingerprint density at radius 3 is 2.62 bits per heavy atom. The zero-order chi connectivity index (χ0) is 12.0. The minimum absolute atomic E-state index is 0.381. The molecule has 3 nitrogen and oxygen atoms in total. The SMILES string of the molecule is CC(C)(C)CC(CN)CN1CCCOCC1. The molecule has 1 unspecified atom stereocenters. The first-order chi connectivity index (χ1) is 7.51. The van der Waals surface area contributed by atoms with Gasteiger partial charge >= 0.3 is 0 Å². The molecule has 0 aliphatic carbocycles. The van der Waals surface area contributed by atoms with E-state index in [0.717, 1.165) is 39.3 Å². The summed E-state index contributed by atoms with van der Waals surface area (Å²) in [4.78, 5) is 2.51. The molecule has 0 aromatic carbocycles. The van der Waals surface area contributed by atoms with Crippen molar-refractivity contribution in [3.05, 3.63) is 0 Å². The Hall–Kier alpha value is -0.120. The van der Waals surface area contributed by atoms with Gasteiger partial charge in [-0.3, -0.25) is 0 Å². The summed E-state index contributed by atoms with van der Waals surface area (Å²) in [7, 11) is 0. The van der Waals surface area contributed by atoms with Gasteiger partial charge in [-0.05, 0) is 30.7 Å². The van der Waals surface area contributed by atoms with E-state index in [1.807, 2.05) is 0 Å². The highest BCUT2D eigenvalue weighted by molar-refractivity contribution is 4.74. The van der Waals surface area contributed by atoms with Crippen LogP contribution in [0.25, 0.3) is 0 Å². The lowest BCUT2D eigenvalue weighted by Crippen LogP contribution is -2.36. The molecule has 1 rings (SSSR count). The molecule has 1 aliphatic rings. The van der Waals surface area contributed by atoms with Gasteiger partial charge in [0.05, 0.1) is 6.61 Å². The third-order valence-electron chi connectivity index (χ3n) is 3.07. The Morgan fingerprint density at radius 1 is 1.25 bits per heavy atom. The van der Waals surface area contributed by atoms with Crippen molar-refractivity contribution in [1.82, 2.24) is 4.90 Å². The van der Waals surface area contributed by atoms with E-state index in [9.17, 15) is 0 Å². The summed E-state index contributed by atoms with van der Waals surface area (Å²) in [6.45, 7) is 12.9. The van der Waals surface area contributed by atoms with Gasteiger partial charge in [-0.1, -0.05) is 20.8 Å². The smallest absolute Gasteiger partial charge is 0.0593 e. The van der Waals surface area contributed by atoms with Crippen molar-refractivity contribution >= 4 is 0 Å². The first kappa shape index (κ1) is 13.9. The van der Waals surface area contributed by atoms with E-state index in [2.05, 4.69) is 25.7 Å². The van der Waals surface area contributed by atoms with E-state index < -0.39 is 0 Å². The number of hydrogen-bond acceptors (Lipinski definition) is 3. The number of ether oxygens (including phenoxy) is 1. The van der Waals surface area contributed by atoms with Crippen LogP contribution in [-0.2, 0) is 4.74 Å². The fourth-order valence-corrected chi connectivity index (χ4v) is 2.43. The minimum atomic E-state index is 0.381. The number of nitrogens with zero attached hydrogens (tertiary/aromatic N) is 1. The van der Waals surface area contributed by atoms with Gasteiger partial charge in [0, 0.05) is 26.2 Å². The first-order valence-corrected chi connectivity index (χ1v) is 6.51. The summed E-state index contributed by atoms with van der Waals surface area (Å²) < 4.78 is 5.47. The molecule has 0 radical (unpaired) electrons. The molecule has 1 heterocycles. The molecule has 0 aromatic heterocycles. The van der Waals surface area contributed by atoms with Gasteiger partial charge in [-0.2, -0.15) is 0 Å². The molecule has 2 N–H and O–H groups in total. The second-order valence-corrected chi connectivity index (χ2v) is 6.13. The predicted octanol–water partition coefficient (Wildman–Crippen LogP) is 1.72. The molecule has 0 aromatic rings. The standard InChI is InChI=1S/C13H28N2O/c1-13(2,3)9-12(10-14)11-15-5-4-7-16-8-6-15/h12H,4-11,14H2,1-3H3. The highest BCUT2D eigenvalue weighted by atomic mass is 16.5. The summed E-state index contributed by atoms with van der Waals surface area (Å²) in [5.74, 6) is 0.623. The molecule has 96 valence electrons. The van der Waals surface area contributed by atoms with Gasteiger partial charge in [0.2, 0.25) is 0 Å². The summed E-state index contributed by atoms with van der Waals surface area (Å²) in [6.07, 6.45) is 2.37. The Balaban J connectivity index is 2.36. The minimum Gasteiger partial charge on any atom is -0.380 e. The molecule has 16 heavy (non-hydrogen) atoms. The molecule has 1 fully saturated rings. The van der Waals surface area contributed by atoms with Crippen LogP contribution in [0.2, 0.25) is 0 Å². The zero-order valence-corrected chi connectivity index (χ0v) is 11.2. The van der Waals surface area contributed by atoms with E-state index in [1.54, 1.807) is 0 Å². The first-order valence-electron chi connectivity index (χ1n) is 6.51. The molecular weight excluding hydrogens is 200 g/mol. The van der Waals surface area contributed by atoms with Crippen molar-refractivity contribution in [2.24, 2.45) is 17.1 Å².